The van der Waals surface area contributed by atoms with Crippen LogP contribution in [0.2, 0.25) is 0 Å². The van der Waals surface area contributed by atoms with Gasteiger partial charge < -0.3 is 14.6 Å². The number of fused-ring (bicyclic) bond motifs is 1. The van der Waals surface area contributed by atoms with Crippen LogP contribution in [0.4, 0.5) is 0 Å². The van der Waals surface area contributed by atoms with Crippen molar-refractivity contribution in [2.45, 2.75) is 0 Å². The minimum absolute atomic E-state index is 0.0963. The van der Waals surface area contributed by atoms with Crippen molar-refractivity contribution in [3.63, 3.8) is 0 Å². The van der Waals surface area contributed by atoms with Gasteiger partial charge in [0, 0.05) is 32.2 Å². The van der Waals surface area contributed by atoms with Crippen molar-refractivity contribution in [1.82, 2.24) is 0 Å². The minimum Gasteiger partial charge on any atom is -0.497 e. The van der Waals surface area contributed by atoms with E-state index in [-0.39, 0.29) is 5.78 Å². The summed E-state index contributed by atoms with van der Waals surface area (Å²) in [6, 6.07) is 20.2. The third-order valence-electron chi connectivity index (χ3n) is 5.07. The van der Waals surface area contributed by atoms with E-state index in [0.717, 1.165) is 38.1 Å². The van der Waals surface area contributed by atoms with Crippen molar-refractivity contribution in [2.24, 2.45) is 0 Å². The average molecular weight is 445 g/mol. The molecule has 0 atom stereocenters. The van der Waals surface area contributed by atoms with Crippen LogP contribution in [0.15, 0.2) is 72.8 Å². The highest BCUT2D eigenvalue weighted by molar-refractivity contribution is 7.22. The molecule has 1 heterocycles. The average Bonchev–Trinajstić information content (AvgIpc) is 3.21. The third-order valence-corrected chi connectivity index (χ3v) is 6.27. The highest BCUT2D eigenvalue weighted by Gasteiger charge is 2.22. The minimum atomic E-state index is -1.02. The van der Waals surface area contributed by atoms with Crippen LogP contribution in [0.1, 0.15) is 21.5 Å². The number of rotatable bonds is 7. The summed E-state index contributed by atoms with van der Waals surface area (Å²) in [6.45, 7) is 0. The first kappa shape index (κ1) is 21.3. The lowest BCUT2D eigenvalue weighted by molar-refractivity contribution is -0.131. The third kappa shape index (κ3) is 4.26. The number of carbonyl (C=O) groups excluding carboxylic acids is 1. The second kappa shape index (κ2) is 9.08. The van der Waals surface area contributed by atoms with E-state index < -0.39 is 5.97 Å². The Bertz CT molecular complexity index is 1320. The molecule has 0 aliphatic heterocycles. The number of carboxylic acid groups (broad SMARTS) is 1. The molecule has 6 heteroatoms. The van der Waals surface area contributed by atoms with Gasteiger partial charge in [0.1, 0.15) is 11.5 Å². The first-order chi connectivity index (χ1) is 15.5. The predicted molar refractivity (Wildman–Crippen MR) is 127 cm³/mol. The second-order valence-electron chi connectivity index (χ2n) is 7.02. The van der Waals surface area contributed by atoms with Gasteiger partial charge in [-0.05, 0) is 59.7 Å². The molecule has 160 valence electrons. The highest BCUT2D eigenvalue weighted by atomic mass is 32.1. The molecular formula is C26H20O5S. The summed E-state index contributed by atoms with van der Waals surface area (Å²) in [5, 5.41) is 9.66. The van der Waals surface area contributed by atoms with Crippen LogP contribution in [0.5, 0.6) is 11.5 Å². The number of ketones is 1. The van der Waals surface area contributed by atoms with E-state index in [2.05, 4.69) is 0 Å². The number of hydrogen-bond acceptors (Lipinski definition) is 5. The summed E-state index contributed by atoms with van der Waals surface area (Å²) >= 11 is 1.54. The molecule has 0 aliphatic rings. The van der Waals surface area contributed by atoms with Gasteiger partial charge in [0.05, 0.1) is 14.2 Å². The maximum Gasteiger partial charge on any atom is 0.328 e. The van der Waals surface area contributed by atoms with Crippen LogP contribution in [0.3, 0.4) is 0 Å². The Morgan fingerprint density at radius 1 is 0.875 bits per heavy atom. The maximum atomic E-state index is 13.6. The Morgan fingerprint density at radius 3 is 2.16 bits per heavy atom. The van der Waals surface area contributed by atoms with Crippen LogP contribution in [-0.2, 0) is 4.79 Å². The Morgan fingerprint density at radius 2 is 1.53 bits per heavy atom. The molecule has 4 aromatic rings. The fraction of sp³-hybridized carbons (Fsp3) is 0.0769. The van der Waals surface area contributed by atoms with E-state index in [9.17, 15) is 9.59 Å². The van der Waals surface area contributed by atoms with Crippen molar-refractivity contribution >= 4 is 39.3 Å². The topological polar surface area (TPSA) is 72.8 Å². The molecule has 1 N–H and O–H groups in total. The number of benzene rings is 3. The van der Waals surface area contributed by atoms with Gasteiger partial charge in [-0.15, -0.1) is 11.3 Å². The van der Waals surface area contributed by atoms with E-state index in [1.54, 1.807) is 38.5 Å². The normalized spacial score (nSPS) is 11.1. The van der Waals surface area contributed by atoms with Gasteiger partial charge in [-0.2, -0.15) is 0 Å². The molecule has 1 aromatic heterocycles. The molecule has 32 heavy (non-hydrogen) atoms. The molecule has 0 fully saturated rings. The van der Waals surface area contributed by atoms with E-state index in [4.69, 9.17) is 14.6 Å². The monoisotopic (exact) mass is 444 g/mol. The smallest absolute Gasteiger partial charge is 0.328 e. The van der Waals surface area contributed by atoms with Crippen LogP contribution in [-0.4, -0.2) is 31.1 Å². The Hall–Kier alpha value is -3.90. The predicted octanol–water partition coefficient (Wildman–Crippen LogP) is 5.91. The molecule has 0 bridgehead atoms. The number of carboxylic acids is 1. The molecule has 0 amide bonds. The number of methoxy groups -OCH3 is 2. The highest BCUT2D eigenvalue weighted by Crippen LogP contribution is 2.41. The van der Waals surface area contributed by atoms with E-state index in [1.165, 1.54) is 17.4 Å². The Balaban J connectivity index is 1.82. The standard InChI is InChI=1S/C26H20O5S/c1-30-19-10-8-18(9-11-19)26-24(21-13-12-20(31-2)15-22(21)32-26)25(29)17-6-3-16(4-7-17)5-14-23(27)28/h3-15H,1-2H3,(H,27,28). The number of ether oxygens (including phenoxy) is 2. The molecule has 5 nitrogen and oxygen atoms in total. The van der Waals surface area contributed by atoms with E-state index in [0.29, 0.717) is 16.7 Å². The second-order valence-corrected chi connectivity index (χ2v) is 8.07. The molecule has 4 rings (SSSR count). The van der Waals surface area contributed by atoms with Crippen molar-refractivity contribution in [1.29, 1.82) is 0 Å². The van der Waals surface area contributed by atoms with Gasteiger partial charge in [0.15, 0.2) is 5.78 Å². The van der Waals surface area contributed by atoms with Gasteiger partial charge in [-0.3, -0.25) is 4.79 Å². The molecule has 3 aromatic carbocycles. The molecule has 0 spiro atoms. The zero-order valence-electron chi connectivity index (χ0n) is 17.5. The maximum absolute atomic E-state index is 13.6. The van der Waals surface area contributed by atoms with Crippen LogP contribution in [0.25, 0.3) is 26.6 Å². The van der Waals surface area contributed by atoms with Crippen molar-refractivity contribution < 1.29 is 24.2 Å². The van der Waals surface area contributed by atoms with E-state index >= 15 is 0 Å². The van der Waals surface area contributed by atoms with Gasteiger partial charge in [0.25, 0.3) is 0 Å². The molecule has 0 saturated heterocycles. The zero-order chi connectivity index (χ0) is 22.7. The van der Waals surface area contributed by atoms with Crippen LogP contribution >= 0.6 is 11.3 Å². The fourth-order valence-electron chi connectivity index (χ4n) is 3.43. The number of aliphatic carboxylic acids is 1. The molecule has 0 aliphatic carbocycles. The molecule has 0 unspecified atom stereocenters. The van der Waals surface area contributed by atoms with Crippen molar-refractivity contribution in [3.05, 3.63) is 89.5 Å². The lowest BCUT2D eigenvalue weighted by Gasteiger charge is -2.07. The van der Waals surface area contributed by atoms with Crippen LogP contribution < -0.4 is 9.47 Å². The first-order valence-corrected chi connectivity index (χ1v) is 10.6. The fourth-order valence-corrected chi connectivity index (χ4v) is 4.67. The summed E-state index contributed by atoms with van der Waals surface area (Å²) in [4.78, 5) is 25.2. The van der Waals surface area contributed by atoms with Gasteiger partial charge >= 0.3 is 5.97 Å². The lowest BCUT2D eigenvalue weighted by atomic mass is 9.97. The number of thiophene rings is 1. The summed E-state index contributed by atoms with van der Waals surface area (Å²) in [5.41, 5.74) is 2.80. The van der Waals surface area contributed by atoms with Crippen LogP contribution in [0, 0.1) is 0 Å². The summed E-state index contributed by atoms with van der Waals surface area (Å²) < 4.78 is 11.6. The summed E-state index contributed by atoms with van der Waals surface area (Å²) in [7, 11) is 3.23. The van der Waals surface area contributed by atoms with Gasteiger partial charge in [-0.1, -0.05) is 24.3 Å². The number of hydrogen-bond donors (Lipinski definition) is 1. The van der Waals surface area contributed by atoms with E-state index in [1.807, 2.05) is 42.5 Å². The van der Waals surface area contributed by atoms with Gasteiger partial charge in [0.2, 0.25) is 0 Å². The molecule has 0 radical (unpaired) electrons. The number of carbonyl (C=O) groups is 2. The quantitative estimate of drug-likeness (QED) is 0.283. The first-order valence-electron chi connectivity index (χ1n) is 9.81. The Kier molecular flexibility index (Phi) is 6.05. The zero-order valence-corrected chi connectivity index (χ0v) is 18.3. The summed E-state index contributed by atoms with van der Waals surface area (Å²) in [6.07, 6.45) is 2.56. The molecular weight excluding hydrogens is 424 g/mol. The SMILES string of the molecule is COc1ccc(-c2sc3cc(OC)ccc3c2C(=O)c2ccc(C=CC(=O)O)cc2)cc1. The molecule has 0 saturated carbocycles. The largest absolute Gasteiger partial charge is 0.497 e. The summed E-state index contributed by atoms with van der Waals surface area (Å²) in [5.74, 6) is 0.360. The van der Waals surface area contributed by atoms with Gasteiger partial charge in [-0.25, -0.2) is 4.79 Å². The van der Waals surface area contributed by atoms with Crippen molar-refractivity contribution in [2.75, 3.05) is 14.2 Å². The Labute approximate surface area is 189 Å². The van der Waals surface area contributed by atoms with Crippen molar-refractivity contribution in [3.8, 4) is 21.9 Å². The lowest BCUT2D eigenvalue weighted by Crippen LogP contribution is -2.02.